The largest absolute Gasteiger partial charge is 0.337 e. The molecule has 0 radical (unpaired) electrons. The van der Waals surface area contributed by atoms with Crippen molar-refractivity contribution in [2.75, 3.05) is 32.4 Å². The number of piperazine rings is 1. The minimum absolute atomic E-state index is 0.00861. The normalized spacial score (nSPS) is 15.8. The number of rotatable bonds is 4. The van der Waals surface area contributed by atoms with Gasteiger partial charge in [-0.2, -0.15) is 0 Å². The topological polar surface area (TPSA) is 67.2 Å². The predicted molar refractivity (Wildman–Crippen MR) is 88.2 cm³/mol. The first-order chi connectivity index (χ1) is 11.2. The van der Waals surface area contributed by atoms with Crippen LogP contribution < -0.4 is 0 Å². The zero-order valence-corrected chi connectivity index (χ0v) is 14.2. The SMILES string of the molecule is CSc1ncc(C(=O)N2CCN(Cc3nccn3C)CC2)cn1. The molecule has 0 aliphatic carbocycles. The standard InChI is InChI=1S/C15H20N6OS/c1-19-4-3-16-13(19)11-20-5-7-21(8-6-20)14(22)12-9-17-15(23-2)18-10-12/h3-4,9-10H,5-8,11H2,1-2H3. The van der Waals surface area contributed by atoms with Crippen molar-refractivity contribution < 1.29 is 4.79 Å². The molecular formula is C15H20N6OS. The van der Waals surface area contributed by atoms with Gasteiger partial charge in [-0.15, -0.1) is 0 Å². The van der Waals surface area contributed by atoms with Gasteiger partial charge in [-0.3, -0.25) is 9.69 Å². The Labute approximate surface area is 139 Å². The van der Waals surface area contributed by atoms with Crippen molar-refractivity contribution in [1.29, 1.82) is 0 Å². The minimum Gasteiger partial charge on any atom is -0.337 e. The summed E-state index contributed by atoms with van der Waals surface area (Å²) in [5.41, 5.74) is 0.556. The summed E-state index contributed by atoms with van der Waals surface area (Å²) in [6, 6.07) is 0. The number of hydrogen-bond acceptors (Lipinski definition) is 6. The molecule has 3 rings (SSSR count). The van der Waals surface area contributed by atoms with Crippen molar-refractivity contribution in [3.63, 3.8) is 0 Å². The zero-order chi connectivity index (χ0) is 16.2. The Kier molecular flexibility index (Phi) is 4.92. The molecule has 0 unspecified atom stereocenters. The quantitative estimate of drug-likeness (QED) is 0.612. The maximum Gasteiger partial charge on any atom is 0.257 e. The number of thioether (sulfide) groups is 1. The Balaban J connectivity index is 1.55. The van der Waals surface area contributed by atoms with Gasteiger partial charge >= 0.3 is 0 Å². The van der Waals surface area contributed by atoms with E-state index in [9.17, 15) is 4.79 Å². The molecule has 122 valence electrons. The average Bonchev–Trinajstić information content (AvgIpc) is 3.00. The summed E-state index contributed by atoms with van der Waals surface area (Å²) in [5, 5.41) is 0.682. The second-order valence-electron chi connectivity index (χ2n) is 5.48. The lowest BCUT2D eigenvalue weighted by molar-refractivity contribution is 0.0623. The fourth-order valence-electron chi connectivity index (χ4n) is 2.57. The Morgan fingerprint density at radius 3 is 2.43 bits per heavy atom. The first-order valence-electron chi connectivity index (χ1n) is 7.51. The van der Waals surface area contributed by atoms with Crippen molar-refractivity contribution >= 4 is 17.7 Å². The van der Waals surface area contributed by atoms with Gasteiger partial charge in [-0.05, 0) is 6.26 Å². The molecular weight excluding hydrogens is 312 g/mol. The molecule has 0 saturated carbocycles. The van der Waals surface area contributed by atoms with Gasteiger partial charge in [-0.1, -0.05) is 11.8 Å². The molecule has 23 heavy (non-hydrogen) atoms. The van der Waals surface area contributed by atoms with E-state index in [1.54, 1.807) is 12.4 Å². The van der Waals surface area contributed by atoms with E-state index in [4.69, 9.17) is 0 Å². The Morgan fingerprint density at radius 1 is 1.17 bits per heavy atom. The lowest BCUT2D eigenvalue weighted by Crippen LogP contribution is -2.48. The van der Waals surface area contributed by atoms with E-state index >= 15 is 0 Å². The summed E-state index contributed by atoms with van der Waals surface area (Å²) in [5.74, 6) is 1.06. The second kappa shape index (κ2) is 7.10. The zero-order valence-electron chi connectivity index (χ0n) is 13.3. The molecule has 0 N–H and O–H groups in total. The van der Waals surface area contributed by atoms with Gasteiger partial charge < -0.3 is 9.47 Å². The van der Waals surface area contributed by atoms with Crippen LogP contribution in [0.2, 0.25) is 0 Å². The van der Waals surface area contributed by atoms with E-state index in [-0.39, 0.29) is 5.91 Å². The Morgan fingerprint density at radius 2 is 1.87 bits per heavy atom. The molecule has 0 aromatic carbocycles. The van der Waals surface area contributed by atoms with Gasteiger partial charge in [-0.25, -0.2) is 15.0 Å². The molecule has 1 amide bonds. The summed E-state index contributed by atoms with van der Waals surface area (Å²) >= 11 is 1.47. The highest BCUT2D eigenvalue weighted by Gasteiger charge is 2.23. The third-order valence-electron chi connectivity index (χ3n) is 4.00. The van der Waals surface area contributed by atoms with Gasteiger partial charge in [0.2, 0.25) is 0 Å². The number of carbonyl (C=O) groups excluding carboxylic acids is 1. The van der Waals surface area contributed by atoms with Crippen LogP contribution in [0.15, 0.2) is 29.9 Å². The monoisotopic (exact) mass is 332 g/mol. The molecule has 0 spiro atoms. The van der Waals surface area contributed by atoms with Crippen LogP contribution in [0.4, 0.5) is 0 Å². The van der Waals surface area contributed by atoms with Crippen LogP contribution in [0.25, 0.3) is 0 Å². The number of imidazole rings is 1. The van der Waals surface area contributed by atoms with E-state index < -0.39 is 0 Å². The van der Waals surface area contributed by atoms with Crippen molar-refractivity contribution in [1.82, 2.24) is 29.3 Å². The molecule has 3 heterocycles. The molecule has 1 saturated heterocycles. The van der Waals surface area contributed by atoms with E-state index in [0.29, 0.717) is 23.8 Å². The molecule has 1 fully saturated rings. The molecule has 8 heteroatoms. The van der Waals surface area contributed by atoms with Crippen LogP contribution >= 0.6 is 11.8 Å². The van der Waals surface area contributed by atoms with E-state index in [0.717, 1.165) is 25.5 Å². The van der Waals surface area contributed by atoms with Crippen molar-refractivity contribution in [2.45, 2.75) is 11.7 Å². The van der Waals surface area contributed by atoms with Crippen LogP contribution in [0.5, 0.6) is 0 Å². The highest BCUT2D eigenvalue weighted by Crippen LogP contribution is 2.12. The van der Waals surface area contributed by atoms with E-state index in [1.165, 1.54) is 11.8 Å². The predicted octanol–water partition coefficient (Wildman–Crippen LogP) is 0.890. The lowest BCUT2D eigenvalue weighted by atomic mass is 10.2. The van der Waals surface area contributed by atoms with Crippen LogP contribution in [0, 0.1) is 0 Å². The van der Waals surface area contributed by atoms with Gasteiger partial charge in [0.15, 0.2) is 5.16 Å². The van der Waals surface area contributed by atoms with Gasteiger partial charge in [0, 0.05) is 58.0 Å². The molecule has 1 aliphatic heterocycles. The van der Waals surface area contributed by atoms with E-state index in [2.05, 4.69) is 19.9 Å². The van der Waals surface area contributed by atoms with Crippen molar-refractivity contribution in [2.24, 2.45) is 7.05 Å². The highest BCUT2D eigenvalue weighted by molar-refractivity contribution is 7.98. The molecule has 0 atom stereocenters. The maximum absolute atomic E-state index is 12.5. The first kappa shape index (κ1) is 15.9. The number of aryl methyl sites for hydroxylation is 1. The fraction of sp³-hybridized carbons (Fsp3) is 0.467. The number of amides is 1. The van der Waals surface area contributed by atoms with E-state index in [1.807, 2.05) is 35.2 Å². The Hall–Kier alpha value is -1.93. The Bertz CT molecular complexity index is 663. The lowest BCUT2D eigenvalue weighted by Gasteiger charge is -2.34. The van der Waals surface area contributed by atoms with Crippen molar-refractivity contribution in [3.05, 3.63) is 36.2 Å². The van der Waals surface area contributed by atoms with Gasteiger partial charge in [0.05, 0.1) is 12.1 Å². The highest BCUT2D eigenvalue weighted by atomic mass is 32.2. The van der Waals surface area contributed by atoms with Crippen molar-refractivity contribution in [3.8, 4) is 0 Å². The second-order valence-corrected chi connectivity index (χ2v) is 6.25. The minimum atomic E-state index is 0.00861. The van der Waals surface area contributed by atoms with Crippen LogP contribution in [0.3, 0.4) is 0 Å². The summed E-state index contributed by atoms with van der Waals surface area (Å²) < 4.78 is 2.03. The average molecular weight is 332 g/mol. The molecule has 0 bridgehead atoms. The maximum atomic E-state index is 12.5. The molecule has 1 aliphatic rings. The smallest absolute Gasteiger partial charge is 0.257 e. The molecule has 7 nitrogen and oxygen atoms in total. The summed E-state index contributed by atoms with van der Waals surface area (Å²) in [7, 11) is 2.00. The third-order valence-corrected chi connectivity index (χ3v) is 4.58. The third kappa shape index (κ3) is 3.70. The van der Waals surface area contributed by atoms with Gasteiger partial charge in [0.25, 0.3) is 5.91 Å². The number of aromatic nitrogens is 4. The first-order valence-corrected chi connectivity index (χ1v) is 8.73. The number of nitrogens with zero attached hydrogens (tertiary/aromatic N) is 6. The summed E-state index contributed by atoms with van der Waals surface area (Å²) in [6.07, 6.45) is 8.90. The summed E-state index contributed by atoms with van der Waals surface area (Å²) in [4.78, 5) is 29.4. The number of carbonyl (C=O) groups is 1. The van der Waals surface area contributed by atoms with Crippen LogP contribution in [-0.2, 0) is 13.6 Å². The van der Waals surface area contributed by atoms with Crippen LogP contribution in [-0.4, -0.2) is 67.7 Å². The van der Waals surface area contributed by atoms with Crippen LogP contribution in [0.1, 0.15) is 16.2 Å². The molecule has 2 aromatic heterocycles. The van der Waals surface area contributed by atoms with Gasteiger partial charge in [0.1, 0.15) is 5.82 Å². The molecule has 2 aromatic rings. The number of hydrogen-bond donors (Lipinski definition) is 0. The summed E-state index contributed by atoms with van der Waals surface area (Å²) in [6.45, 7) is 3.95. The fourth-order valence-corrected chi connectivity index (χ4v) is 2.89.